The standard InChI is InChI=1S/C19H21NO/c1-21-16-10-8-14(9-11-16)19-13-15-5-2-3-6-17(15)18-7-4-12-20(18)19/h2-3,5-6,8-11,18-19H,4,7,12-13H2,1H3. The smallest absolute Gasteiger partial charge is 0.118 e. The number of hydrogen-bond donors (Lipinski definition) is 0. The van der Waals surface area contributed by atoms with Gasteiger partial charge >= 0.3 is 0 Å². The van der Waals surface area contributed by atoms with Gasteiger partial charge in [-0.3, -0.25) is 4.90 Å². The van der Waals surface area contributed by atoms with Gasteiger partial charge in [0.1, 0.15) is 5.75 Å². The highest BCUT2D eigenvalue weighted by Crippen LogP contribution is 2.45. The van der Waals surface area contributed by atoms with Crippen LogP contribution in [0.4, 0.5) is 0 Å². The second kappa shape index (κ2) is 5.19. The molecule has 0 N–H and O–H groups in total. The molecule has 0 bridgehead atoms. The molecule has 0 saturated carbocycles. The number of ether oxygens (including phenoxy) is 1. The van der Waals surface area contributed by atoms with Gasteiger partial charge in [-0.2, -0.15) is 0 Å². The first-order valence-electron chi connectivity index (χ1n) is 7.84. The Morgan fingerprint density at radius 2 is 1.81 bits per heavy atom. The fraction of sp³-hybridized carbons (Fsp3) is 0.368. The van der Waals surface area contributed by atoms with E-state index < -0.39 is 0 Å². The van der Waals surface area contributed by atoms with Crippen molar-refractivity contribution in [1.29, 1.82) is 0 Å². The Morgan fingerprint density at radius 3 is 2.62 bits per heavy atom. The first-order valence-corrected chi connectivity index (χ1v) is 7.84. The number of methoxy groups -OCH3 is 1. The van der Waals surface area contributed by atoms with E-state index in [1.165, 1.54) is 30.5 Å². The Bertz CT molecular complexity index is 634. The number of hydrogen-bond acceptors (Lipinski definition) is 2. The Kier molecular flexibility index (Phi) is 3.19. The van der Waals surface area contributed by atoms with Crippen molar-refractivity contribution in [2.45, 2.75) is 31.3 Å². The van der Waals surface area contributed by atoms with Crippen LogP contribution in [0.2, 0.25) is 0 Å². The molecule has 2 aromatic carbocycles. The summed E-state index contributed by atoms with van der Waals surface area (Å²) in [5.74, 6) is 0.938. The minimum Gasteiger partial charge on any atom is -0.497 e. The molecular formula is C19H21NO. The number of benzene rings is 2. The van der Waals surface area contributed by atoms with E-state index in [2.05, 4.69) is 53.4 Å². The van der Waals surface area contributed by atoms with Gasteiger partial charge in [0.2, 0.25) is 0 Å². The Hall–Kier alpha value is -1.80. The van der Waals surface area contributed by atoms with E-state index in [-0.39, 0.29) is 0 Å². The molecule has 2 aliphatic rings. The molecule has 0 radical (unpaired) electrons. The fourth-order valence-electron chi connectivity index (χ4n) is 4.00. The summed E-state index contributed by atoms with van der Waals surface area (Å²) < 4.78 is 5.29. The number of rotatable bonds is 2. The van der Waals surface area contributed by atoms with Gasteiger partial charge < -0.3 is 4.74 Å². The third-order valence-electron chi connectivity index (χ3n) is 5.02. The maximum absolute atomic E-state index is 5.29. The van der Waals surface area contributed by atoms with Crippen molar-refractivity contribution in [3.8, 4) is 5.75 Å². The van der Waals surface area contributed by atoms with Crippen LogP contribution in [0.25, 0.3) is 0 Å². The van der Waals surface area contributed by atoms with Gasteiger partial charge in [-0.05, 0) is 54.6 Å². The second-order valence-electron chi connectivity index (χ2n) is 6.09. The van der Waals surface area contributed by atoms with Crippen LogP contribution < -0.4 is 4.74 Å². The molecule has 0 aliphatic carbocycles. The zero-order valence-corrected chi connectivity index (χ0v) is 12.5. The highest BCUT2D eigenvalue weighted by molar-refractivity contribution is 5.38. The SMILES string of the molecule is COc1ccc(C2Cc3ccccc3C3CCCN23)cc1. The van der Waals surface area contributed by atoms with Crippen LogP contribution in [0.1, 0.15) is 41.6 Å². The molecule has 2 aromatic rings. The normalized spacial score (nSPS) is 24.4. The second-order valence-corrected chi connectivity index (χ2v) is 6.09. The Balaban J connectivity index is 1.72. The van der Waals surface area contributed by atoms with E-state index in [9.17, 15) is 0 Å². The van der Waals surface area contributed by atoms with Crippen LogP contribution in [0.5, 0.6) is 5.75 Å². The van der Waals surface area contributed by atoms with E-state index in [1.807, 2.05) is 0 Å². The van der Waals surface area contributed by atoms with E-state index in [1.54, 1.807) is 12.7 Å². The minimum atomic E-state index is 0.512. The van der Waals surface area contributed by atoms with E-state index in [0.29, 0.717) is 12.1 Å². The summed E-state index contributed by atoms with van der Waals surface area (Å²) >= 11 is 0. The molecular weight excluding hydrogens is 258 g/mol. The molecule has 0 aromatic heterocycles. The topological polar surface area (TPSA) is 12.5 Å². The third kappa shape index (κ3) is 2.14. The first kappa shape index (κ1) is 12.9. The van der Waals surface area contributed by atoms with Gasteiger partial charge in [-0.1, -0.05) is 36.4 Å². The average molecular weight is 279 g/mol. The van der Waals surface area contributed by atoms with Crippen molar-refractivity contribution >= 4 is 0 Å². The Morgan fingerprint density at radius 1 is 1.00 bits per heavy atom. The van der Waals surface area contributed by atoms with Crippen LogP contribution in [0.3, 0.4) is 0 Å². The van der Waals surface area contributed by atoms with Crippen LogP contribution in [0, 0.1) is 0 Å². The summed E-state index contributed by atoms with van der Waals surface area (Å²) in [6, 6.07) is 18.7. The maximum atomic E-state index is 5.29. The molecule has 2 unspecified atom stereocenters. The van der Waals surface area contributed by atoms with Gasteiger partial charge in [0, 0.05) is 12.1 Å². The fourth-order valence-corrected chi connectivity index (χ4v) is 4.00. The van der Waals surface area contributed by atoms with Gasteiger partial charge in [-0.25, -0.2) is 0 Å². The number of nitrogens with zero attached hydrogens (tertiary/aromatic N) is 1. The molecule has 21 heavy (non-hydrogen) atoms. The molecule has 2 nitrogen and oxygen atoms in total. The van der Waals surface area contributed by atoms with Gasteiger partial charge in [-0.15, -0.1) is 0 Å². The largest absolute Gasteiger partial charge is 0.497 e. The lowest BCUT2D eigenvalue weighted by Crippen LogP contribution is -2.34. The predicted molar refractivity (Wildman–Crippen MR) is 84.6 cm³/mol. The summed E-state index contributed by atoms with van der Waals surface area (Å²) in [6.07, 6.45) is 3.73. The average Bonchev–Trinajstić information content (AvgIpc) is 3.04. The lowest BCUT2D eigenvalue weighted by molar-refractivity contribution is 0.163. The summed E-state index contributed by atoms with van der Waals surface area (Å²) in [5, 5.41) is 0. The lowest BCUT2D eigenvalue weighted by atomic mass is 9.86. The lowest BCUT2D eigenvalue weighted by Gasteiger charge is -2.39. The van der Waals surface area contributed by atoms with Gasteiger partial charge in [0.15, 0.2) is 0 Å². The minimum absolute atomic E-state index is 0.512. The molecule has 2 heterocycles. The third-order valence-corrected chi connectivity index (χ3v) is 5.02. The summed E-state index contributed by atoms with van der Waals surface area (Å²) in [4.78, 5) is 2.70. The Labute approximate surface area is 126 Å². The highest BCUT2D eigenvalue weighted by atomic mass is 16.5. The van der Waals surface area contributed by atoms with Crippen molar-refractivity contribution in [1.82, 2.24) is 4.90 Å². The van der Waals surface area contributed by atoms with Crippen LogP contribution in [0.15, 0.2) is 48.5 Å². The van der Waals surface area contributed by atoms with Gasteiger partial charge in [0.05, 0.1) is 7.11 Å². The summed E-state index contributed by atoms with van der Waals surface area (Å²) in [6.45, 7) is 1.22. The monoisotopic (exact) mass is 279 g/mol. The molecule has 1 fully saturated rings. The maximum Gasteiger partial charge on any atom is 0.118 e. The van der Waals surface area contributed by atoms with Crippen molar-refractivity contribution in [3.05, 3.63) is 65.2 Å². The van der Waals surface area contributed by atoms with Crippen molar-refractivity contribution < 1.29 is 4.74 Å². The van der Waals surface area contributed by atoms with Crippen LogP contribution in [-0.2, 0) is 6.42 Å². The molecule has 1 saturated heterocycles. The van der Waals surface area contributed by atoms with Crippen LogP contribution in [-0.4, -0.2) is 18.6 Å². The zero-order chi connectivity index (χ0) is 14.2. The molecule has 2 heteroatoms. The van der Waals surface area contributed by atoms with Crippen molar-refractivity contribution in [2.24, 2.45) is 0 Å². The molecule has 2 aliphatic heterocycles. The van der Waals surface area contributed by atoms with Crippen LogP contribution >= 0.6 is 0 Å². The predicted octanol–water partition coefficient (Wildman–Crippen LogP) is 4.13. The quantitative estimate of drug-likeness (QED) is 0.819. The van der Waals surface area contributed by atoms with E-state index >= 15 is 0 Å². The van der Waals surface area contributed by atoms with Crippen molar-refractivity contribution in [3.63, 3.8) is 0 Å². The molecule has 0 amide bonds. The summed E-state index contributed by atoms with van der Waals surface area (Å²) in [7, 11) is 1.72. The molecule has 108 valence electrons. The molecule has 4 rings (SSSR count). The number of fused-ring (bicyclic) bond motifs is 3. The van der Waals surface area contributed by atoms with Crippen molar-refractivity contribution in [2.75, 3.05) is 13.7 Å². The highest BCUT2D eigenvalue weighted by Gasteiger charge is 2.37. The van der Waals surface area contributed by atoms with Gasteiger partial charge in [0.25, 0.3) is 0 Å². The first-order chi connectivity index (χ1) is 10.4. The summed E-state index contributed by atoms with van der Waals surface area (Å²) in [5.41, 5.74) is 4.50. The van der Waals surface area contributed by atoms with E-state index in [4.69, 9.17) is 4.74 Å². The molecule has 0 spiro atoms. The zero-order valence-electron chi connectivity index (χ0n) is 12.5. The molecule has 2 atom stereocenters. The van der Waals surface area contributed by atoms with E-state index in [0.717, 1.165) is 12.2 Å².